The maximum absolute atomic E-state index is 12.8. The number of halogens is 1. The van der Waals surface area contributed by atoms with Crippen molar-refractivity contribution in [2.24, 2.45) is 5.92 Å². The quantitative estimate of drug-likeness (QED) is 0.599. The molecule has 0 aliphatic carbocycles. The van der Waals surface area contributed by atoms with E-state index < -0.39 is 0 Å². The van der Waals surface area contributed by atoms with Gasteiger partial charge in [0.25, 0.3) is 5.91 Å². The molecule has 0 saturated heterocycles. The Labute approximate surface area is 184 Å². The normalized spacial score (nSPS) is 12.0. The Morgan fingerprint density at radius 1 is 1.10 bits per heavy atom. The number of amides is 1. The maximum Gasteiger partial charge on any atom is 0.251 e. The fraction of sp³-hybridized carbons (Fsp3) is 0.435. The van der Waals surface area contributed by atoms with Gasteiger partial charge in [-0.3, -0.25) is 4.79 Å². The van der Waals surface area contributed by atoms with Crippen LogP contribution in [-0.2, 0) is 0 Å². The molecule has 0 aromatic heterocycles. The predicted octanol–water partition coefficient (Wildman–Crippen LogP) is 4.42. The Hall–Kier alpha value is -2.44. The van der Waals surface area contributed by atoms with Crippen LogP contribution in [0.1, 0.15) is 35.8 Å². The molecule has 0 heterocycles. The van der Waals surface area contributed by atoms with E-state index in [1.807, 2.05) is 52.2 Å². The lowest BCUT2D eigenvalue weighted by Crippen LogP contribution is -2.34. The molecule has 2 aromatic carbocycles. The van der Waals surface area contributed by atoms with Crippen molar-refractivity contribution in [3.63, 3.8) is 0 Å². The van der Waals surface area contributed by atoms with Crippen LogP contribution >= 0.6 is 11.6 Å². The van der Waals surface area contributed by atoms with Crippen LogP contribution < -0.4 is 19.5 Å². The smallest absolute Gasteiger partial charge is 0.251 e. The van der Waals surface area contributed by atoms with Crippen LogP contribution in [-0.4, -0.2) is 52.3 Å². The topological polar surface area (TPSA) is 60.0 Å². The Morgan fingerprint density at radius 3 is 2.30 bits per heavy atom. The number of likely N-dealkylation sites (N-methyl/N-ethyl adjacent to an activating group) is 1. The van der Waals surface area contributed by atoms with Crippen molar-refractivity contribution in [1.82, 2.24) is 10.2 Å². The number of carbonyl (C=O) groups excluding carboxylic acids is 1. The molecule has 1 atom stereocenters. The first-order chi connectivity index (χ1) is 14.3. The van der Waals surface area contributed by atoms with E-state index in [1.165, 1.54) is 7.11 Å². The molecule has 1 unspecified atom stereocenters. The zero-order valence-electron chi connectivity index (χ0n) is 18.5. The van der Waals surface area contributed by atoms with Crippen LogP contribution in [0, 0.1) is 5.92 Å². The van der Waals surface area contributed by atoms with Crippen LogP contribution in [0.25, 0.3) is 0 Å². The summed E-state index contributed by atoms with van der Waals surface area (Å²) in [4.78, 5) is 14.9. The average molecular weight is 435 g/mol. The van der Waals surface area contributed by atoms with Gasteiger partial charge in [-0.25, -0.2) is 0 Å². The second-order valence-corrected chi connectivity index (χ2v) is 8.06. The first kappa shape index (κ1) is 23.8. The van der Waals surface area contributed by atoms with Gasteiger partial charge < -0.3 is 24.4 Å². The van der Waals surface area contributed by atoms with Crippen LogP contribution in [0.3, 0.4) is 0 Å². The summed E-state index contributed by atoms with van der Waals surface area (Å²) >= 11 is 6.37. The maximum atomic E-state index is 12.8. The minimum absolute atomic E-state index is 0.00544. The number of rotatable bonds is 10. The molecule has 6 nitrogen and oxygen atoms in total. The molecule has 30 heavy (non-hydrogen) atoms. The van der Waals surface area contributed by atoms with Crippen molar-refractivity contribution in [3.05, 3.63) is 52.5 Å². The summed E-state index contributed by atoms with van der Waals surface area (Å²) in [5.74, 6) is 1.80. The lowest BCUT2D eigenvalue weighted by atomic mass is 10.1. The zero-order valence-corrected chi connectivity index (χ0v) is 19.2. The summed E-state index contributed by atoms with van der Waals surface area (Å²) in [5.41, 5.74) is 1.50. The Bertz CT molecular complexity index is 838. The molecular weight excluding hydrogens is 404 g/mol. The van der Waals surface area contributed by atoms with Gasteiger partial charge in [0.2, 0.25) is 0 Å². The van der Waals surface area contributed by atoms with Crippen molar-refractivity contribution in [1.29, 1.82) is 0 Å². The number of carbonyl (C=O) groups is 1. The van der Waals surface area contributed by atoms with E-state index in [4.69, 9.17) is 25.8 Å². The van der Waals surface area contributed by atoms with Crippen LogP contribution in [0.5, 0.6) is 17.2 Å². The molecule has 0 saturated carbocycles. The van der Waals surface area contributed by atoms with Gasteiger partial charge in [0.1, 0.15) is 5.75 Å². The third-order valence-electron chi connectivity index (χ3n) is 4.63. The highest BCUT2D eigenvalue weighted by atomic mass is 35.5. The number of benzene rings is 2. The number of methoxy groups -OCH3 is 2. The van der Waals surface area contributed by atoms with Crippen LogP contribution in [0.15, 0.2) is 36.4 Å². The molecule has 0 bridgehead atoms. The summed E-state index contributed by atoms with van der Waals surface area (Å²) in [5, 5.41) is 3.34. The van der Waals surface area contributed by atoms with Gasteiger partial charge in [-0.05, 0) is 49.8 Å². The number of hydrogen-bond donors (Lipinski definition) is 1. The summed E-state index contributed by atoms with van der Waals surface area (Å²) < 4.78 is 16.4. The monoisotopic (exact) mass is 434 g/mol. The molecular formula is C23H31ClN2O4. The summed E-state index contributed by atoms with van der Waals surface area (Å²) in [6.45, 7) is 5.04. The zero-order chi connectivity index (χ0) is 22.3. The minimum Gasteiger partial charge on any atom is -0.497 e. The summed E-state index contributed by atoms with van der Waals surface area (Å²) in [6, 6.07) is 11.1. The van der Waals surface area contributed by atoms with Gasteiger partial charge in [0.05, 0.1) is 31.9 Å². The number of nitrogens with one attached hydrogen (secondary N) is 1. The van der Waals surface area contributed by atoms with Crippen molar-refractivity contribution in [2.45, 2.75) is 19.9 Å². The van der Waals surface area contributed by atoms with E-state index in [0.29, 0.717) is 41.2 Å². The standard InChI is InChI=1S/C23H31ClN2O4/c1-15(2)14-30-22-19(24)11-17(12-21(22)29-6)23(27)25-13-20(26(3)4)16-7-9-18(28-5)10-8-16/h7-12,15,20H,13-14H2,1-6H3,(H,25,27). The van der Waals surface area contributed by atoms with E-state index in [-0.39, 0.29) is 11.9 Å². The molecule has 164 valence electrons. The fourth-order valence-electron chi connectivity index (χ4n) is 2.96. The third kappa shape index (κ3) is 6.28. The highest BCUT2D eigenvalue weighted by molar-refractivity contribution is 6.32. The summed E-state index contributed by atoms with van der Waals surface area (Å²) in [6.07, 6.45) is 0. The Kier molecular flexibility index (Phi) is 8.81. The number of hydrogen-bond acceptors (Lipinski definition) is 5. The van der Waals surface area contributed by atoms with Gasteiger partial charge in [0.15, 0.2) is 11.5 Å². The molecule has 0 radical (unpaired) electrons. The molecule has 1 amide bonds. The van der Waals surface area contributed by atoms with E-state index in [9.17, 15) is 4.79 Å². The van der Waals surface area contributed by atoms with Crippen LogP contribution in [0.2, 0.25) is 5.02 Å². The number of nitrogens with zero attached hydrogens (tertiary/aromatic N) is 1. The second kappa shape index (κ2) is 11.1. The first-order valence-corrected chi connectivity index (χ1v) is 10.2. The highest BCUT2D eigenvalue weighted by Gasteiger charge is 2.19. The van der Waals surface area contributed by atoms with Gasteiger partial charge in [0, 0.05) is 12.1 Å². The average Bonchev–Trinajstić information content (AvgIpc) is 2.72. The molecule has 2 rings (SSSR count). The number of ether oxygens (including phenoxy) is 3. The largest absolute Gasteiger partial charge is 0.497 e. The molecule has 2 aromatic rings. The predicted molar refractivity (Wildman–Crippen MR) is 120 cm³/mol. The van der Waals surface area contributed by atoms with Crippen molar-refractivity contribution < 1.29 is 19.0 Å². The molecule has 7 heteroatoms. The Balaban J connectivity index is 2.14. The lowest BCUT2D eigenvalue weighted by molar-refractivity contribution is 0.0941. The first-order valence-electron chi connectivity index (χ1n) is 9.85. The van der Waals surface area contributed by atoms with Gasteiger partial charge >= 0.3 is 0 Å². The molecule has 1 N–H and O–H groups in total. The highest BCUT2D eigenvalue weighted by Crippen LogP contribution is 2.36. The van der Waals surface area contributed by atoms with Crippen molar-refractivity contribution in [2.75, 3.05) is 41.5 Å². The van der Waals surface area contributed by atoms with E-state index >= 15 is 0 Å². The van der Waals surface area contributed by atoms with Crippen molar-refractivity contribution >= 4 is 17.5 Å². The molecule has 0 aliphatic rings. The van der Waals surface area contributed by atoms with Gasteiger partial charge in [-0.1, -0.05) is 37.6 Å². The third-order valence-corrected chi connectivity index (χ3v) is 4.91. The van der Waals surface area contributed by atoms with Gasteiger partial charge in [-0.2, -0.15) is 0 Å². The van der Waals surface area contributed by atoms with E-state index in [0.717, 1.165) is 11.3 Å². The molecule has 0 fully saturated rings. The van der Waals surface area contributed by atoms with Crippen molar-refractivity contribution in [3.8, 4) is 17.2 Å². The SMILES string of the molecule is COc1ccc(C(CNC(=O)c2cc(Cl)c(OCC(C)C)c(OC)c2)N(C)C)cc1. The molecule has 0 spiro atoms. The minimum atomic E-state index is -0.231. The lowest BCUT2D eigenvalue weighted by Gasteiger charge is -2.25. The van der Waals surface area contributed by atoms with E-state index in [2.05, 4.69) is 10.2 Å². The summed E-state index contributed by atoms with van der Waals surface area (Å²) in [7, 11) is 7.11. The van der Waals surface area contributed by atoms with Gasteiger partial charge in [-0.15, -0.1) is 0 Å². The molecule has 0 aliphatic heterocycles. The fourth-order valence-corrected chi connectivity index (χ4v) is 3.22. The second-order valence-electron chi connectivity index (χ2n) is 7.66. The van der Waals surface area contributed by atoms with E-state index in [1.54, 1.807) is 19.2 Å². The van der Waals surface area contributed by atoms with Crippen LogP contribution in [0.4, 0.5) is 0 Å². The Morgan fingerprint density at radius 2 is 1.77 bits per heavy atom.